The van der Waals surface area contributed by atoms with Gasteiger partial charge in [0.05, 0.1) is 22.6 Å². The summed E-state index contributed by atoms with van der Waals surface area (Å²) < 4.78 is 26.1. The van der Waals surface area contributed by atoms with Gasteiger partial charge in [0.1, 0.15) is 12.1 Å². The van der Waals surface area contributed by atoms with E-state index in [1.54, 1.807) is 0 Å². The summed E-state index contributed by atoms with van der Waals surface area (Å²) in [6.45, 7) is 15.5. The molecule has 2 saturated heterocycles. The number of likely N-dealkylation sites (tertiary alicyclic amines) is 1. The molecule has 49 heavy (non-hydrogen) atoms. The van der Waals surface area contributed by atoms with Gasteiger partial charge in [0.25, 0.3) is 5.91 Å². The van der Waals surface area contributed by atoms with Gasteiger partial charge in [0.15, 0.2) is 9.84 Å². The highest BCUT2D eigenvalue weighted by molar-refractivity contribution is 7.92. The second-order valence-corrected chi connectivity index (χ2v) is 19.3. The van der Waals surface area contributed by atoms with Gasteiger partial charge in [0, 0.05) is 13.1 Å². The summed E-state index contributed by atoms with van der Waals surface area (Å²) in [5, 5.41) is 10.7. The third kappa shape index (κ3) is 9.24. The molecule has 0 aromatic heterocycles. The van der Waals surface area contributed by atoms with E-state index in [4.69, 9.17) is 0 Å². The molecular weight excluding hydrogens is 646 g/mol. The Kier molecular flexibility index (Phi) is 12.0. The van der Waals surface area contributed by atoms with Gasteiger partial charge in [-0.25, -0.2) is 13.2 Å². The van der Waals surface area contributed by atoms with Crippen LogP contribution in [0.25, 0.3) is 0 Å². The van der Waals surface area contributed by atoms with E-state index < -0.39 is 73.7 Å². The maximum atomic E-state index is 14.5. The first-order chi connectivity index (χ1) is 22.8. The van der Waals surface area contributed by atoms with Crippen LogP contribution in [0.1, 0.15) is 112 Å². The second kappa shape index (κ2) is 15.1. The predicted octanol–water partition coefficient (Wildman–Crippen LogP) is 3.40. The van der Waals surface area contributed by atoms with Crippen LogP contribution < -0.4 is 21.3 Å². The Morgan fingerprint density at radius 3 is 2.10 bits per heavy atom. The summed E-state index contributed by atoms with van der Waals surface area (Å²) >= 11 is 0. The van der Waals surface area contributed by atoms with Crippen LogP contribution in [-0.2, 0) is 29.0 Å². The number of carbonyl (C=O) groups excluding carboxylic acids is 5. The molecule has 13 heteroatoms. The number of nitrogens with zero attached hydrogens (tertiary/aromatic N) is 1. The van der Waals surface area contributed by atoms with Crippen molar-refractivity contribution in [3.05, 3.63) is 12.7 Å². The molecule has 0 radical (unpaired) electrons. The Morgan fingerprint density at radius 1 is 0.918 bits per heavy atom. The van der Waals surface area contributed by atoms with Gasteiger partial charge in [-0.3, -0.25) is 19.2 Å². The first kappa shape index (κ1) is 38.8. The van der Waals surface area contributed by atoms with Gasteiger partial charge >= 0.3 is 6.03 Å². The van der Waals surface area contributed by atoms with Crippen molar-refractivity contribution < 1.29 is 32.4 Å². The van der Waals surface area contributed by atoms with Gasteiger partial charge in [0.2, 0.25) is 17.6 Å². The minimum atomic E-state index is -3.36. The maximum Gasteiger partial charge on any atom is 0.315 e. The molecule has 5 amide bonds. The number of carbonyl (C=O) groups is 5. The van der Waals surface area contributed by atoms with Crippen LogP contribution in [0.5, 0.6) is 0 Å². The predicted molar refractivity (Wildman–Crippen MR) is 188 cm³/mol. The molecule has 0 bridgehead atoms. The van der Waals surface area contributed by atoms with Gasteiger partial charge in [-0.1, -0.05) is 79.7 Å². The van der Waals surface area contributed by atoms with Crippen molar-refractivity contribution in [2.24, 2.45) is 22.7 Å². The number of rotatable bonds is 12. The van der Waals surface area contributed by atoms with Gasteiger partial charge < -0.3 is 26.2 Å². The summed E-state index contributed by atoms with van der Waals surface area (Å²) in [7, 11) is -3.36. The third-order valence-electron chi connectivity index (χ3n) is 11.0. The number of nitrogens with one attached hydrogen (secondary N) is 4. The third-order valence-corrected chi connectivity index (χ3v) is 13.4. The topological polar surface area (TPSA) is 171 Å². The molecule has 5 atom stereocenters. The minimum absolute atomic E-state index is 0.117. The summed E-state index contributed by atoms with van der Waals surface area (Å²) in [6, 6.07) is -3.58. The van der Waals surface area contributed by atoms with E-state index in [1.165, 1.54) is 11.0 Å². The molecular formula is C36H59N5O7S. The SMILES string of the molecule is C=CCNC(=O)C(=O)C(CC1CC1)NC(=O)[C@@H]1C(C(C)(C)C)CCN1C(=O)[C@@H](NC(=O)NC1(C2CCCS2(=O)=O)CCCCC1)C(C)(C)C. The zero-order chi connectivity index (χ0) is 36.4. The normalized spacial score (nSPS) is 26.2. The largest absolute Gasteiger partial charge is 0.346 e. The lowest BCUT2D eigenvalue weighted by molar-refractivity contribution is -0.145. The monoisotopic (exact) mass is 705 g/mol. The fourth-order valence-corrected chi connectivity index (χ4v) is 10.5. The lowest BCUT2D eigenvalue weighted by atomic mass is 9.75. The second-order valence-electron chi connectivity index (χ2n) is 17.0. The first-order valence-electron chi connectivity index (χ1n) is 18.1. The van der Waals surface area contributed by atoms with E-state index in [9.17, 15) is 32.4 Å². The van der Waals surface area contributed by atoms with Crippen molar-refractivity contribution in [1.82, 2.24) is 26.2 Å². The zero-order valence-electron chi connectivity index (χ0n) is 30.4. The van der Waals surface area contributed by atoms with E-state index >= 15 is 0 Å². The molecule has 2 aliphatic carbocycles. The number of hydrogen-bond donors (Lipinski definition) is 4. The van der Waals surface area contributed by atoms with Crippen LogP contribution in [0.15, 0.2) is 12.7 Å². The van der Waals surface area contributed by atoms with Crippen LogP contribution >= 0.6 is 0 Å². The van der Waals surface area contributed by atoms with Crippen LogP contribution in [0.3, 0.4) is 0 Å². The van der Waals surface area contributed by atoms with Gasteiger partial charge in [-0.15, -0.1) is 6.58 Å². The zero-order valence-corrected chi connectivity index (χ0v) is 31.2. The average Bonchev–Trinajstić information content (AvgIpc) is 3.57. The molecule has 2 heterocycles. The fraction of sp³-hybridized carbons (Fsp3) is 0.806. The smallest absolute Gasteiger partial charge is 0.315 e. The van der Waals surface area contributed by atoms with Crippen LogP contribution in [-0.4, -0.2) is 90.6 Å². The highest BCUT2D eigenvalue weighted by Crippen LogP contribution is 2.42. The Bertz CT molecular complexity index is 1390. The highest BCUT2D eigenvalue weighted by Gasteiger charge is 2.52. The standard InChI is InChI=1S/C36H59N5O7S/c1-8-19-37-31(44)28(42)25(22-23-14-15-23)38-30(43)27-24(34(2,3)4)16-20-41(27)32(45)29(35(5,6)7)39-33(46)40-36(17-10-9-11-18-36)26-13-12-21-49(26,47)48/h8,23-27,29H,1,9-22H2,2-7H3,(H,37,44)(H,38,43)(H2,39,40,46)/t24?,25?,26?,27-,29+/m0/s1. The number of ketones is 1. The van der Waals surface area contributed by atoms with E-state index in [2.05, 4.69) is 27.8 Å². The van der Waals surface area contributed by atoms with Crippen molar-refractivity contribution in [1.29, 1.82) is 0 Å². The molecule has 0 spiro atoms. The Morgan fingerprint density at radius 2 is 1.57 bits per heavy atom. The molecule has 0 aromatic carbocycles. The maximum absolute atomic E-state index is 14.5. The van der Waals surface area contributed by atoms with Crippen LogP contribution in [0, 0.1) is 22.7 Å². The molecule has 3 unspecified atom stereocenters. The summed E-state index contributed by atoms with van der Waals surface area (Å²) in [6.07, 6.45) is 8.99. The molecule has 4 aliphatic rings. The molecule has 0 aromatic rings. The Balaban J connectivity index is 1.58. The van der Waals surface area contributed by atoms with Gasteiger partial charge in [-0.2, -0.15) is 0 Å². The summed E-state index contributed by atoms with van der Waals surface area (Å²) in [5.74, 6) is -2.33. The number of sulfone groups is 1. The van der Waals surface area contributed by atoms with Crippen molar-refractivity contribution in [2.45, 2.75) is 141 Å². The Labute approximate surface area is 292 Å². The number of urea groups is 1. The van der Waals surface area contributed by atoms with E-state index in [0.29, 0.717) is 38.5 Å². The van der Waals surface area contributed by atoms with Crippen molar-refractivity contribution >= 4 is 39.4 Å². The van der Waals surface area contributed by atoms with Crippen molar-refractivity contribution in [3.63, 3.8) is 0 Å². The molecule has 4 fully saturated rings. The molecule has 12 nitrogen and oxygen atoms in total. The molecule has 276 valence electrons. The minimum Gasteiger partial charge on any atom is -0.346 e. The quantitative estimate of drug-likeness (QED) is 0.178. The first-order valence-corrected chi connectivity index (χ1v) is 19.9. The average molecular weight is 706 g/mol. The Hall–Kier alpha value is -2.96. The van der Waals surface area contributed by atoms with E-state index in [-0.39, 0.29) is 36.1 Å². The number of hydrogen-bond acceptors (Lipinski definition) is 7. The van der Waals surface area contributed by atoms with Crippen LogP contribution in [0.4, 0.5) is 4.79 Å². The lowest BCUT2D eigenvalue weighted by Gasteiger charge is -2.43. The lowest BCUT2D eigenvalue weighted by Crippen LogP contribution is -2.65. The fourth-order valence-electron chi connectivity index (χ4n) is 8.19. The highest BCUT2D eigenvalue weighted by atomic mass is 32.2. The molecule has 4 N–H and O–H groups in total. The van der Waals surface area contributed by atoms with Gasteiger partial charge in [-0.05, 0) is 61.2 Å². The summed E-state index contributed by atoms with van der Waals surface area (Å²) in [5.41, 5.74) is -2.03. The van der Waals surface area contributed by atoms with Crippen LogP contribution in [0.2, 0.25) is 0 Å². The summed E-state index contributed by atoms with van der Waals surface area (Å²) in [4.78, 5) is 69.9. The molecule has 2 aliphatic heterocycles. The number of amides is 5. The van der Waals surface area contributed by atoms with E-state index in [1.807, 2.05) is 41.5 Å². The van der Waals surface area contributed by atoms with Crippen molar-refractivity contribution in [2.75, 3.05) is 18.8 Å². The molecule has 4 rings (SSSR count). The van der Waals surface area contributed by atoms with Crippen molar-refractivity contribution in [3.8, 4) is 0 Å². The van der Waals surface area contributed by atoms with E-state index in [0.717, 1.165) is 32.1 Å². The molecule has 2 saturated carbocycles. The number of Topliss-reactive ketones (excluding diaryl/α,β-unsaturated/α-hetero) is 1.